The summed E-state index contributed by atoms with van der Waals surface area (Å²) >= 11 is 0. The van der Waals surface area contributed by atoms with Gasteiger partial charge in [-0.1, -0.05) is 319 Å². The van der Waals surface area contributed by atoms with Crippen molar-refractivity contribution in [1.82, 2.24) is 0 Å². The first-order valence-corrected chi connectivity index (χ1v) is 31.3. The minimum atomic E-state index is -0.825. The number of carbonyl (C=O) groups is 3. The van der Waals surface area contributed by atoms with Gasteiger partial charge < -0.3 is 14.2 Å². The lowest BCUT2D eigenvalue weighted by Gasteiger charge is -2.18. The lowest BCUT2D eigenvalue weighted by molar-refractivity contribution is -0.166. The third kappa shape index (κ3) is 58.0. The average molecular weight is 1010 g/mol. The molecule has 6 heteroatoms. The van der Waals surface area contributed by atoms with Crippen LogP contribution in [0.4, 0.5) is 0 Å². The van der Waals surface area contributed by atoms with Crippen molar-refractivity contribution in [2.75, 3.05) is 13.2 Å². The molecule has 0 fully saturated rings. The predicted octanol–water partition coefficient (Wildman–Crippen LogP) is 21.2. The van der Waals surface area contributed by atoms with E-state index in [1.165, 1.54) is 212 Å². The summed E-state index contributed by atoms with van der Waals surface area (Å²) < 4.78 is 16.8. The topological polar surface area (TPSA) is 78.9 Å². The van der Waals surface area contributed by atoms with E-state index >= 15 is 0 Å². The van der Waals surface area contributed by atoms with Crippen molar-refractivity contribution < 1.29 is 28.6 Å². The maximum absolute atomic E-state index is 12.8. The van der Waals surface area contributed by atoms with Crippen LogP contribution in [-0.2, 0) is 28.6 Å². The Bertz CT molecular complexity index is 1290. The Labute approximate surface area is 447 Å². The highest BCUT2D eigenvalue weighted by molar-refractivity contribution is 5.72. The van der Waals surface area contributed by atoms with Crippen LogP contribution in [-0.4, -0.2) is 37.2 Å². The summed E-state index contributed by atoms with van der Waals surface area (Å²) in [5.41, 5.74) is 0. The Kier molecular flexibility index (Phi) is 58.2. The zero-order valence-electron chi connectivity index (χ0n) is 47.9. The highest BCUT2D eigenvalue weighted by atomic mass is 16.6. The first-order valence-electron chi connectivity index (χ1n) is 31.3. The molecule has 0 aromatic heterocycles. The molecule has 0 rings (SSSR count). The molecule has 0 bridgehead atoms. The van der Waals surface area contributed by atoms with Gasteiger partial charge in [0.1, 0.15) is 13.2 Å². The molecule has 0 amide bonds. The molecule has 0 saturated heterocycles. The summed E-state index contributed by atoms with van der Waals surface area (Å²) in [5, 5.41) is 0. The number of carbonyl (C=O) groups excluding carboxylic acids is 3. The Morgan fingerprint density at radius 1 is 0.292 bits per heavy atom. The van der Waals surface area contributed by atoms with Crippen LogP contribution in [0.15, 0.2) is 60.8 Å². The van der Waals surface area contributed by atoms with Gasteiger partial charge in [0.05, 0.1) is 6.42 Å². The fourth-order valence-corrected chi connectivity index (χ4v) is 9.17. The molecular weight excluding hydrogens is 889 g/mol. The molecule has 0 aliphatic heterocycles. The molecule has 0 saturated carbocycles. The summed E-state index contributed by atoms with van der Waals surface area (Å²) in [4.78, 5) is 38.1. The number of ether oxygens (including phenoxy) is 3. The van der Waals surface area contributed by atoms with Crippen LogP contribution in [0, 0.1) is 0 Å². The van der Waals surface area contributed by atoms with Gasteiger partial charge in [0.15, 0.2) is 6.10 Å². The number of hydrogen-bond donors (Lipinski definition) is 0. The molecule has 0 aromatic carbocycles. The third-order valence-corrected chi connectivity index (χ3v) is 13.8. The summed E-state index contributed by atoms with van der Waals surface area (Å²) in [5.74, 6) is -1.02. The van der Waals surface area contributed by atoms with Crippen LogP contribution in [0.2, 0.25) is 0 Å². The lowest BCUT2D eigenvalue weighted by Crippen LogP contribution is -2.30. The van der Waals surface area contributed by atoms with Crippen molar-refractivity contribution in [2.24, 2.45) is 0 Å². The van der Waals surface area contributed by atoms with Gasteiger partial charge in [-0.25, -0.2) is 0 Å². The van der Waals surface area contributed by atoms with Gasteiger partial charge >= 0.3 is 17.9 Å². The second-order valence-electron chi connectivity index (χ2n) is 21.0. The van der Waals surface area contributed by atoms with E-state index in [1.807, 2.05) is 6.08 Å². The Morgan fingerprint density at radius 3 is 0.792 bits per heavy atom. The molecular formula is C66H118O6. The van der Waals surface area contributed by atoms with Crippen LogP contribution in [0.25, 0.3) is 0 Å². The highest BCUT2D eigenvalue weighted by Crippen LogP contribution is 2.18. The van der Waals surface area contributed by atoms with Crippen molar-refractivity contribution in [3.05, 3.63) is 60.8 Å². The first kappa shape index (κ1) is 69.1. The predicted molar refractivity (Wildman–Crippen MR) is 312 cm³/mol. The van der Waals surface area contributed by atoms with E-state index < -0.39 is 12.1 Å². The third-order valence-electron chi connectivity index (χ3n) is 13.8. The fourth-order valence-electron chi connectivity index (χ4n) is 9.17. The van der Waals surface area contributed by atoms with Gasteiger partial charge in [0.2, 0.25) is 0 Å². The van der Waals surface area contributed by atoms with Crippen LogP contribution >= 0.6 is 0 Å². The molecule has 6 nitrogen and oxygen atoms in total. The monoisotopic (exact) mass is 1010 g/mol. The normalized spacial score (nSPS) is 12.4. The molecule has 0 aliphatic carbocycles. The van der Waals surface area contributed by atoms with E-state index in [-0.39, 0.29) is 31.6 Å². The minimum absolute atomic E-state index is 0.102. The summed E-state index contributed by atoms with van der Waals surface area (Å²) in [6.07, 6.45) is 77.0. The number of esters is 3. The molecule has 0 spiro atoms. The molecule has 1 atom stereocenters. The first-order chi connectivity index (χ1) is 35.5. The molecule has 0 heterocycles. The highest BCUT2D eigenvalue weighted by Gasteiger charge is 2.19. The largest absolute Gasteiger partial charge is 0.462 e. The maximum Gasteiger partial charge on any atom is 0.310 e. The maximum atomic E-state index is 12.8. The standard InChI is InChI=1S/C66H118O6/c1-4-7-10-13-16-19-22-25-27-28-29-30-31-32-33-34-35-36-37-38-40-41-44-47-50-53-56-59-65(68)71-62-63(61-70-64(67)58-55-52-49-46-43-24-21-18-15-12-9-6-3)72-66(69)60-57-54-51-48-45-42-39-26-23-20-17-14-11-8-5-2/h8,11,17,20,26,39,45,48,54,57,63H,4-7,9-10,12-16,18-19,21-25,27-38,40-44,46-47,49-53,55-56,58-62H2,1-3H3/b11-8-,20-17-,39-26-,48-45-,57-54-. The van der Waals surface area contributed by atoms with E-state index in [4.69, 9.17) is 14.2 Å². The van der Waals surface area contributed by atoms with E-state index in [2.05, 4.69) is 69.4 Å². The SMILES string of the molecule is CC/C=C\C/C=C\C/C=C\C/C=C\C/C=C\CC(=O)OC(COC(=O)CCCCCCCCCCCCCC)COC(=O)CCCCCCCCCCCCCCCCCCCCCCCCCCCCC. The van der Waals surface area contributed by atoms with Crippen LogP contribution in [0.3, 0.4) is 0 Å². The zero-order valence-corrected chi connectivity index (χ0v) is 47.9. The van der Waals surface area contributed by atoms with Crippen LogP contribution < -0.4 is 0 Å². The minimum Gasteiger partial charge on any atom is -0.462 e. The Balaban J connectivity index is 4.24. The lowest BCUT2D eigenvalue weighted by atomic mass is 10.0. The number of rotatable bonds is 57. The Hall–Kier alpha value is -2.89. The van der Waals surface area contributed by atoms with Gasteiger partial charge in [0.25, 0.3) is 0 Å². The zero-order chi connectivity index (χ0) is 52.2. The molecule has 0 aromatic rings. The van der Waals surface area contributed by atoms with E-state index in [1.54, 1.807) is 6.08 Å². The second-order valence-corrected chi connectivity index (χ2v) is 21.0. The summed E-state index contributed by atoms with van der Waals surface area (Å²) in [6.45, 7) is 6.48. The van der Waals surface area contributed by atoms with Gasteiger partial charge in [-0.2, -0.15) is 0 Å². The molecule has 0 radical (unpaired) electrons. The second kappa shape index (κ2) is 60.7. The van der Waals surface area contributed by atoms with Crippen molar-refractivity contribution >= 4 is 17.9 Å². The molecule has 0 N–H and O–H groups in total. The average Bonchev–Trinajstić information content (AvgIpc) is 3.38. The quantitative estimate of drug-likeness (QED) is 0.0261. The molecule has 0 aliphatic rings. The number of hydrogen-bond acceptors (Lipinski definition) is 6. The van der Waals surface area contributed by atoms with Gasteiger partial charge in [-0.05, 0) is 44.9 Å². The number of unbranched alkanes of at least 4 members (excludes halogenated alkanes) is 37. The van der Waals surface area contributed by atoms with Crippen molar-refractivity contribution in [2.45, 2.75) is 329 Å². The van der Waals surface area contributed by atoms with E-state index in [0.29, 0.717) is 12.8 Å². The Morgan fingerprint density at radius 2 is 0.528 bits per heavy atom. The number of allylic oxidation sites excluding steroid dienone is 9. The molecule has 72 heavy (non-hydrogen) atoms. The van der Waals surface area contributed by atoms with Crippen LogP contribution in [0.1, 0.15) is 323 Å². The van der Waals surface area contributed by atoms with Gasteiger partial charge in [-0.15, -0.1) is 0 Å². The van der Waals surface area contributed by atoms with Crippen LogP contribution in [0.5, 0.6) is 0 Å². The van der Waals surface area contributed by atoms with Gasteiger partial charge in [0, 0.05) is 12.8 Å². The van der Waals surface area contributed by atoms with E-state index in [9.17, 15) is 14.4 Å². The molecule has 1 unspecified atom stereocenters. The molecule has 418 valence electrons. The smallest absolute Gasteiger partial charge is 0.310 e. The summed E-state index contributed by atoms with van der Waals surface area (Å²) in [6, 6.07) is 0. The van der Waals surface area contributed by atoms with Gasteiger partial charge in [-0.3, -0.25) is 14.4 Å². The van der Waals surface area contributed by atoms with Crippen molar-refractivity contribution in [3.8, 4) is 0 Å². The van der Waals surface area contributed by atoms with E-state index in [0.717, 1.165) is 70.6 Å². The fraction of sp³-hybridized carbons (Fsp3) is 0.803. The van der Waals surface area contributed by atoms with Crippen molar-refractivity contribution in [1.29, 1.82) is 0 Å². The van der Waals surface area contributed by atoms with Crippen molar-refractivity contribution in [3.63, 3.8) is 0 Å². The summed E-state index contributed by atoms with van der Waals surface area (Å²) in [7, 11) is 0.